The number of rotatable bonds is 4. The quantitative estimate of drug-likeness (QED) is 0.727. The predicted octanol–water partition coefficient (Wildman–Crippen LogP) is 2.97. The molecule has 1 aromatic rings. The summed E-state index contributed by atoms with van der Waals surface area (Å²) in [7, 11) is 0. The third-order valence-corrected chi connectivity index (χ3v) is 11.3. The van der Waals surface area contributed by atoms with Crippen molar-refractivity contribution in [2.45, 2.75) is 33.6 Å². The molecule has 0 aromatic heterocycles. The summed E-state index contributed by atoms with van der Waals surface area (Å²) < 4.78 is 6.07. The van der Waals surface area contributed by atoms with Crippen LogP contribution in [-0.2, 0) is 21.8 Å². The van der Waals surface area contributed by atoms with Gasteiger partial charge in [-0.2, -0.15) is 0 Å². The van der Waals surface area contributed by atoms with E-state index in [-0.39, 0.29) is 12.4 Å². The van der Waals surface area contributed by atoms with Crippen molar-refractivity contribution in [2.24, 2.45) is 0 Å². The maximum Gasteiger partial charge on any atom is -1.00 e. The molecule has 0 nitrogen and oxygen atoms in total. The Kier molecular flexibility index (Phi) is 6.63. The van der Waals surface area contributed by atoms with Crippen LogP contribution < -0.4 is 12.4 Å². The third-order valence-electron chi connectivity index (χ3n) is 4.27. The average Bonchev–Trinajstić information content (AvgIpc) is 3.17. The summed E-state index contributed by atoms with van der Waals surface area (Å²) in [4.78, 5) is 0. The second-order valence-corrected chi connectivity index (χ2v) is 12.2. The van der Waals surface area contributed by atoms with Gasteiger partial charge in [-0.3, -0.25) is 0 Å². The molecule has 0 saturated heterocycles. The normalized spacial score (nSPS) is 16.2. The first kappa shape index (κ1) is 18.4. The van der Waals surface area contributed by atoms with E-state index in [0.29, 0.717) is 0 Å². The van der Waals surface area contributed by atoms with Crippen LogP contribution in [-0.4, -0.2) is 0 Å². The Balaban J connectivity index is 0.00000192. The Morgan fingerprint density at radius 1 is 0.913 bits per heavy atom. The van der Waals surface area contributed by atoms with E-state index < -0.39 is 21.8 Å². The van der Waals surface area contributed by atoms with Gasteiger partial charge in [0.25, 0.3) is 0 Å². The minimum Gasteiger partial charge on any atom is -1.00 e. The van der Waals surface area contributed by atoms with Crippen molar-refractivity contribution in [1.82, 2.24) is 0 Å². The molecule has 2 aliphatic rings. The summed E-state index contributed by atoms with van der Waals surface area (Å²) in [6.07, 6.45) is 16.2. The second-order valence-electron chi connectivity index (χ2n) is 6.27. The van der Waals surface area contributed by atoms with Crippen molar-refractivity contribution in [3.05, 3.63) is 81.7 Å². The molecule has 0 heterocycles. The van der Waals surface area contributed by atoms with Crippen LogP contribution in [0.2, 0.25) is 0 Å². The van der Waals surface area contributed by atoms with E-state index in [4.69, 9.17) is 0 Å². The number of benzene rings is 1. The molecule has 23 heavy (non-hydrogen) atoms. The summed E-state index contributed by atoms with van der Waals surface area (Å²) in [6, 6.07) is 6.90. The standard InChI is InChI=1S/C11H13.2C5H5.ClH.Zr/c1-8(2)11-6-9(3)5-10(4)7-11;2*1-2-4-5-3-1;;/h1,5-7H,2-4H3;2*1-3H,4H2;1H;/q;;;;+1/p-1. The Bertz CT molecular complexity index is 682. The largest absolute Gasteiger partial charge is 1.00 e. The molecule has 0 unspecified atom stereocenters. The summed E-state index contributed by atoms with van der Waals surface area (Å²) in [6.45, 7) is 6.67. The fraction of sp³-hybridized carbons (Fsp3) is 0.238. The Morgan fingerprint density at radius 2 is 1.43 bits per heavy atom. The number of aryl methyl sites for hydroxylation is 2. The van der Waals surface area contributed by atoms with Crippen molar-refractivity contribution >= 4 is 5.57 Å². The smallest absolute Gasteiger partial charge is 1.00 e. The van der Waals surface area contributed by atoms with E-state index in [1.54, 1.807) is 6.56 Å². The molecule has 0 N–H and O–H groups in total. The Morgan fingerprint density at radius 3 is 1.87 bits per heavy atom. The predicted molar refractivity (Wildman–Crippen MR) is 93.2 cm³/mol. The second kappa shape index (κ2) is 8.27. The van der Waals surface area contributed by atoms with Crippen LogP contribution in [0.5, 0.6) is 0 Å². The molecule has 0 radical (unpaired) electrons. The fourth-order valence-corrected chi connectivity index (χ4v) is 9.60. The summed E-state index contributed by atoms with van der Waals surface area (Å²) in [5, 5.41) is 0. The minimum atomic E-state index is -1.83. The van der Waals surface area contributed by atoms with Crippen LogP contribution in [0.3, 0.4) is 0 Å². The van der Waals surface area contributed by atoms with Gasteiger partial charge in [-0.05, 0) is 0 Å². The van der Waals surface area contributed by atoms with Crippen LogP contribution in [0.4, 0.5) is 0 Å². The first-order valence-corrected chi connectivity index (χ1v) is 11.9. The molecular weight excluding hydrogens is 379 g/mol. The van der Waals surface area contributed by atoms with Crippen LogP contribution in [0.25, 0.3) is 5.57 Å². The molecule has 0 aliphatic heterocycles. The molecule has 3 rings (SSSR count). The molecular formula is C21H23ClZr. The Hall–Kier alpha value is -0.907. The fourth-order valence-electron chi connectivity index (χ4n) is 3.19. The molecule has 118 valence electrons. The van der Waals surface area contributed by atoms with Crippen LogP contribution in [0, 0.1) is 13.8 Å². The van der Waals surface area contributed by atoms with Gasteiger partial charge in [0.1, 0.15) is 0 Å². The zero-order valence-corrected chi connectivity index (χ0v) is 17.3. The van der Waals surface area contributed by atoms with Crippen molar-refractivity contribution in [1.29, 1.82) is 0 Å². The van der Waals surface area contributed by atoms with Gasteiger partial charge in [-0.25, -0.2) is 0 Å². The van der Waals surface area contributed by atoms with Gasteiger partial charge in [0.05, 0.1) is 0 Å². The van der Waals surface area contributed by atoms with Crippen molar-refractivity contribution in [3.63, 3.8) is 0 Å². The van der Waals surface area contributed by atoms with Crippen molar-refractivity contribution in [2.75, 3.05) is 0 Å². The molecule has 1 aromatic carbocycles. The third kappa shape index (κ3) is 4.55. The number of hydrogen-bond acceptors (Lipinski definition) is 0. The van der Waals surface area contributed by atoms with E-state index in [2.05, 4.69) is 79.2 Å². The van der Waals surface area contributed by atoms with Crippen LogP contribution in [0.15, 0.2) is 65.0 Å². The monoisotopic (exact) mass is 400 g/mol. The van der Waals surface area contributed by atoms with E-state index in [1.807, 2.05) is 0 Å². The summed E-state index contributed by atoms with van der Waals surface area (Å²) in [5.41, 5.74) is 5.57. The van der Waals surface area contributed by atoms with E-state index in [0.717, 1.165) is 0 Å². The van der Waals surface area contributed by atoms with Crippen LogP contribution in [0.1, 0.15) is 36.5 Å². The Labute approximate surface area is 154 Å². The number of allylic oxidation sites excluding steroid dienone is 9. The van der Waals surface area contributed by atoms with Gasteiger partial charge in [-0.1, -0.05) is 0 Å². The first-order valence-electron chi connectivity index (χ1n) is 7.99. The maximum absolute atomic E-state index is 2.65. The summed E-state index contributed by atoms with van der Waals surface area (Å²) in [5.74, 6) is 0. The van der Waals surface area contributed by atoms with E-state index in [1.165, 1.54) is 35.1 Å². The molecule has 0 amide bonds. The molecule has 2 aliphatic carbocycles. The van der Waals surface area contributed by atoms with Gasteiger partial charge in [0.2, 0.25) is 0 Å². The number of hydrogen-bond donors (Lipinski definition) is 0. The van der Waals surface area contributed by atoms with Crippen molar-refractivity contribution < 1.29 is 34.2 Å². The first-order chi connectivity index (χ1) is 10.6. The van der Waals surface area contributed by atoms with Gasteiger partial charge < -0.3 is 12.4 Å². The molecule has 0 atom stereocenters. The van der Waals surface area contributed by atoms with Gasteiger partial charge in [0.15, 0.2) is 0 Å². The molecule has 0 spiro atoms. The summed E-state index contributed by atoms with van der Waals surface area (Å²) >= 11 is -1.83. The molecule has 0 saturated carbocycles. The molecule has 0 fully saturated rings. The zero-order valence-electron chi connectivity index (χ0n) is 14.1. The van der Waals surface area contributed by atoms with E-state index >= 15 is 0 Å². The minimum absolute atomic E-state index is 0. The van der Waals surface area contributed by atoms with E-state index in [9.17, 15) is 0 Å². The van der Waals surface area contributed by atoms with Gasteiger partial charge in [-0.15, -0.1) is 0 Å². The van der Waals surface area contributed by atoms with Crippen molar-refractivity contribution in [3.8, 4) is 0 Å². The zero-order chi connectivity index (χ0) is 15.5. The topological polar surface area (TPSA) is 0 Å². The SMILES string of the molecule is CC(=[CH][Zr+]([C]1=CC=CC1)[C]1=CC=CC1)c1cc(C)cc(C)c1.[Cl-]. The van der Waals surface area contributed by atoms with Crippen LogP contribution >= 0.6 is 0 Å². The number of halogens is 1. The maximum atomic E-state index is 2.65. The average molecular weight is 402 g/mol. The molecule has 0 bridgehead atoms. The molecule has 2 heteroatoms. The van der Waals surface area contributed by atoms with Gasteiger partial charge >= 0.3 is 143 Å². The van der Waals surface area contributed by atoms with Gasteiger partial charge in [0, 0.05) is 0 Å².